The van der Waals surface area contributed by atoms with Crippen LogP contribution in [0.4, 0.5) is 0 Å². The summed E-state index contributed by atoms with van der Waals surface area (Å²) < 4.78 is 11.6. The van der Waals surface area contributed by atoms with Crippen LogP contribution in [0.25, 0.3) is 0 Å². The molecule has 0 aromatic carbocycles. The maximum Gasteiger partial charge on any atom is 0.309 e. The Morgan fingerprint density at radius 3 is 1.62 bits per heavy atom. The molecule has 2 heterocycles. The minimum atomic E-state index is -0.848. The molecule has 0 fully saturated rings. The Balaban J connectivity index is 1.75. The monoisotopic (exact) mass is 404 g/mol. The third-order valence-electron chi connectivity index (χ3n) is 5.28. The van der Waals surface area contributed by atoms with Crippen molar-refractivity contribution in [1.82, 2.24) is 0 Å². The van der Waals surface area contributed by atoms with Crippen LogP contribution in [0.2, 0.25) is 0 Å². The highest BCUT2D eigenvalue weighted by atomic mass is 16.4. The van der Waals surface area contributed by atoms with Crippen LogP contribution >= 0.6 is 0 Å². The predicted molar refractivity (Wildman–Crippen MR) is 109 cm³/mol. The van der Waals surface area contributed by atoms with Gasteiger partial charge < -0.3 is 19.0 Å². The van der Waals surface area contributed by atoms with E-state index in [-0.39, 0.29) is 0 Å². The van der Waals surface area contributed by atoms with Crippen LogP contribution in [0.15, 0.2) is 33.1 Å². The van der Waals surface area contributed by atoms with Crippen molar-refractivity contribution in [2.24, 2.45) is 10.8 Å². The lowest BCUT2D eigenvalue weighted by molar-refractivity contribution is -0.148. The van der Waals surface area contributed by atoms with Gasteiger partial charge in [0.25, 0.3) is 0 Å². The molecule has 0 amide bonds. The summed E-state index contributed by atoms with van der Waals surface area (Å²) in [5.74, 6) is 1.73. The molecule has 0 saturated carbocycles. The largest absolute Gasteiger partial charge is 0.481 e. The van der Waals surface area contributed by atoms with Gasteiger partial charge in [-0.3, -0.25) is 9.59 Å². The van der Waals surface area contributed by atoms with Gasteiger partial charge in [0.05, 0.1) is 10.8 Å². The van der Waals surface area contributed by atoms with Crippen molar-refractivity contribution < 1.29 is 28.6 Å². The number of aryl methyl sites for hydroxylation is 3. The number of carboxylic acid groups (broad SMARTS) is 2. The minimum absolute atomic E-state index is 0.364. The van der Waals surface area contributed by atoms with E-state index in [1.54, 1.807) is 27.7 Å². The second-order valence-electron chi connectivity index (χ2n) is 9.00. The van der Waals surface area contributed by atoms with Gasteiger partial charge in [-0.05, 0) is 71.2 Å². The molecule has 0 spiro atoms. The van der Waals surface area contributed by atoms with Crippen LogP contribution in [0, 0.1) is 10.8 Å². The maximum absolute atomic E-state index is 11.2. The maximum atomic E-state index is 11.2. The van der Waals surface area contributed by atoms with E-state index in [1.807, 2.05) is 24.3 Å². The highest BCUT2D eigenvalue weighted by Crippen LogP contribution is 2.25. The van der Waals surface area contributed by atoms with E-state index in [0.717, 1.165) is 49.4 Å². The van der Waals surface area contributed by atoms with E-state index < -0.39 is 22.8 Å². The van der Waals surface area contributed by atoms with Gasteiger partial charge in [0.2, 0.25) is 0 Å². The van der Waals surface area contributed by atoms with Gasteiger partial charge >= 0.3 is 11.9 Å². The first-order valence-electron chi connectivity index (χ1n) is 10.1. The van der Waals surface area contributed by atoms with Crippen molar-refractivity contribution in [3.8, 4) is 0 Å². The van der Waals surface area contributed by atoms with E-state index in [9.17, 15) is 14.7 Å². The normalized spacial score (nSPS) is 12.3. The fourth-order valence-corrected chi connectivity index (χ4v) is 3.10. The van der Waals surface area contributed by atoms with Gasteiger partial charge in [-0.25, -0.2) is 0 Å². The molecule has 160 valence electrons. The second-order valence-corrected chi connectivity index (χ2v) is 9.00. The lowest BCUT2D eigenvalue weighted by atomic mass is 9.87. The lowest BCUT2D eigenvalue weighted by Crippen LogP contribution is -2.25. The molecule has 0 radical (unpaired) electrons. The van der Waals surface area contributed by atoms with Crippen molar-refractivity contribution in [3.63, 3.8) is 0 Å². The number of aliphatic carboxylic acids is 2. The lowest BCUT2D eigenvalue weighted by Gasteiger charge is -2.18. The minimum Gasteiger partial charge on any atom is -0.481 e. The summed E-state index contributed by atoms with van der Waals surface area (Å²) in [7, 11) is 0. The molecule has 2 N–H and O–H groups in total. The van der Waals surface area contributed by atoms with Crippen molar-refractivity contribution in [2.75, 3.05) is 0 Å². The molecule has 0 saturated heterocycles. The zero-order valence-corrected chi connectivity index (χ0v) is 17.8. The first-order valence-corrected chi connectivity index (χ1v) is 10.1. The Morgan fingerprint density at radius 2 is 1.14 bits per heavy atom. The Labute approximate surface area is 171 Å². The molecule has 0 aliphatic rings. The highest BCUT2D eigenvalue weighted by Gasteiger charge is 2.29. The number of hydrogen-bond acceptors (Lipinski definition) is 4. The highest BCUT2D eigenvalue weighted by molar-refractivity contribution is 5.74. The number of carbonyl (C=O) groups is 2. The van der Waals surface area contributed by atoms with E-state index >= 15 is 0 Å². The van der Waals surface area contributed by atoms with Gasteiger partial charge in [0.1, 0.15) is 23.0 Å². The van der Waals surface area contributed by atoms with Crippen LogP contribution in [0.5, 0.6) is 0 Å². The summed E-state index contributed by atoms with van der Waals surface area (Å²) >= 11 is 0. The summed E-state index contributed by atoms with van der Waals surface area (Å²) in [6.07, 6.45) is 4.90. The van der Waals surface area contributed by atoms with Gasteiger partial charge in [0, 0.05) is 25.7 Å². The molecule has 0 aliphatic carbocycles. The fraction of sp³-hybridized carbons (Fsp3) is 0.565. The molecule has 29 heavy (non-hydrogen) atoms. The second kappa shape index (κ2) is 9.33. The summed E-state index contributed by atoms with van der Waals surface area (Å²) in [5, 5.41) is 18.4. The van der Waals surface area contributed by atoms with Crippen molar-refractivity contribution in [1.29, 1.82) is 0 Å². The van der Waals surface area contributed by atoms with E-state index in [1.165, 1.54) is 0 Å². The Kier molecular flexibility index (Phi) is 7.33. The van der Waals surface area contributed by atoms with Crippen LogP contribution in [0.1, 0.15) is 70.0 Å². The average molecular weight is 405 g/mol. The average Bonchev–Trinajstić information content (AvgIpc) is 3.24. The Morgan fingerprint density at radius 1 is 0.724 bits per heavy atom. The van der Waals surface area contributed by atoms with Gasteiger partial charge in [0.15, 0.2) is 0 Å². The van der Waals surface area contributed by atoms with Crippen LogP contribution in [-0.2, 0) is 35.3 Å². The van der Waals surface area contributed by atoms with Gasteiger partial charge in [-0.1, -0.05) is 0 Å². The summed E-state index contributed by atoms with van der Waals surface area (Å²) in [4.78, 5) is 22.4. The van der Waals surface area contributed by atoms with Gasteiger partial charge in [-0.15, -0.1) is 0 Å². The first-order chi connectivity index (χ1) is 13.5. The number of furan rings is 2. The van der Waals surface area contributed by atoms with Gasteiger partial charge in [-0.2, -0.15) is 0 Å². The van der Waals surface area contributed by atoms with E-state index in [0.29, 0.717) is 18.6 Å². The summed E-state index contributed by atoms with van der Waals surface area (Å²) in [6, 6.07) is 7.69. The third-order valence-corrected chi connectivity index (χ3v) is 5.28. The topological polar surface area (TPSA) is 101 Å². The van der Waals surface area contributed by atoms with Crippen molar-refractivity contribution >= 4 is 11.9 Å². The molecule has 2 aromatic heterocycles. The summed E-state index contributed by atoms with van der Waals surface area (Å²) in [6.45, 7) is 6.86. The zero-order valence-electron chi connectivity index (χ0n) is 17.8. The van der Waals surface area contributed by atoms with Crippen molar-refractivity contribution in [3.05, 3.63) is 47.3 Å². The van der Waals surface area contributed by atoms with E-state index in [4.69, 9.17) is 13.9 Å². The number of hydrogen-bond donors (Lipinski definition) is 2. The SMILES string of the molecule is CC(C)(CCCc1ccc(CCCc2ccc(CC(C)(C)C(=O)O)o2)o1)C(=O)O. The quantitative estimate of drug-likeness (QED) is 0.508. The standard InChI is InChI=1S/C23H32O6/c1-22(2,20(24)25)14-6-9-18-11-10-16(28-18)7-5-8-17-12-13-19(29-17)15-23(3,4)21(26)27/h10-13H,5-9,14-15H2,1-4H3,(H,24,25)(H,26,27). The molecule has 0 aliphatic heterocycles. The summed E-state index contributed by atoms with van der Waals surface area (Å²) in [5.41, 5.74) is -1.56. The van der Waals surface area contributed by atoms with Crippen LogP contribution in [0.3, 0.4) is 0 Å². The molecular formula is C23H32O6. The molecule has 0 bridgehead atoms. The molecule has 6 nitrogen and oxygen atoms in total. The Bertz CT molecular complexity index is 824. The van der Waals surface area contributed by atoms with Crippen LogP contribution in [-0.4, -0.2) is 22.2 Å². The third kappa shape index (κ3) is 6.80. The zero-order chi connectivity index (χ0) is 21.7. The van der Waals surface area contributed by atoms with E-state index in [2.05, 4.69) is 0 Å². The number of rotatable bonds is 12. The molecule has 0 atom stereocenters. The van der Waals surface area contributed by atoms with Crippen LogP contribution < -0.4 is 0 Å². The Hall–Kier alpha value is -2.50. The smallest absolute Gasteiger partial charge is 0.309 e. The molecule has 6 heteroatoms. The first kappa shape index (κ1) is 22.8. The predicted octanol–water partition coefficient (Wildman–Crippen LogP) is 5.13. The van der Waals surface area contributed by atoms with Crippen molar-refractivity contribution in [2.45, 2.75) is 72.6 Å². The fourth-order valence-electron chi connectivity index (χ4n) is 3.10. The molecular weight excluding hydrogens is 372 g/mol. The number of carboxylic acids is 2. The molecule has 0 unspecified atom stereocenters. The molecule has 2 rings (SSSR count). The molecule has 2 aromatic rings.